The number of hydrogen-bond donors (Lipinski definition) is 3. The molecular formula is C19H20N2O3. The molecule has 3 rings (SSSR count). The SMILES string of the molecule is Cc1ccc(NC(=O)c2ccc(NC(=O)[C@@H]3C[C@H]3C)cc2)cc1O. The number of aromatic hydroxyl groups is 1. The van der Waals surface area contributed by atoms with Gasteiger partial charge in [-0.25, -0.2) is 0 Å². The van der Waals surface area contributed by atoms with Crippen molar-refractivity contribution >= 4 is 23.2 Å². The van der Waals surface area contributed by atoms with Crippen LogP contribution in [0.15, 0.2) is 42.5 Å². The van der Waals surface area contributed by atoms with Crippen molar-refractivity contribution in [3.8, 4) is 5.75 Å². The quantitative estimate of drug-likeness (QED) is 0.805. The van der Waals surface area contributed by atoms with Crippen LogP contribution in [0.1, 0.15) is 29.3 Å². The van der Waals surface area contributed by atoms with Gasteiger partial charge in [-0.1, -0.05) is 13.0 Å². The third kappa shape index (κ3) is 3.56. The number of carbonyl (C=O) groups excluding carboxylic acids is 2. The Kier molecular flexibility index (Phi) is 4.25. The van der Waals surface area contributed by atoms with Gasteiger partial charge < -0.3 is 15.7 Å². The van der Waals surface area contributed by atoms with Gasteiger partial charge >= 0.3 is 0 Å². The molecule has 0 bridgehead atoms. The Hall–Kier alpha value is -2.82. The van der Waals surface area contributed by atoms with Crippen LogP contribution >= 0.6 is 0 Å². The van der Waals surface area contributed by atoms with Gasteiger partial charge in [0.1, 0.15) is 5.75 Å². The zero-order chi connectivity index (χ0) is 17.3. The van der Waals surface area contributed by atoms with E-state index in [1.165, 1.54) is 6.07 Å². The normalized spacial score (nSPS) is 18.8. The Morgan fingerprint density at radius 1 is 1.04 bits per heavy atom. The fraction of sp³-hybridized carbons (Fsp3) is 0.263. The van der Waals surface area contributed by atoms with Gasteiger partial charge in [0.2, 0.25) is 5.91 Å². The number of aryl methyl sites for hydroxylation is 1. The summed E-state index contributed by atoms with van der Waals surface area (Å²) >= 11 is 0. The van der Waals surface area contributed by atoms with E-state index in [1.807, 2.05) is 0 Å². The first kappa shape index (κ1) is 16.1. The topological polar surface area (TPSA) is 78.4 Å². The number of benzene rings is 2. The summed E-state index contributed by atoms with van der Waals surface area (Å²) in [5.74, 6) is 0.477. The fourth-order valence-corrected chi connectivity index (χ4v) is 2.52. The zero-order valence-electron chi connectivity index (χ0n) is 13.7. The fourth-order valence-electron chi connectivity index (χ4n) is 2.52. The van der Waals surface area contributed by atoms with E-state index in [0.717, 1.165) is 12.0 Å². The molecule has 1 aliphatic rings. The molecule has 2 aromatic rings. The Morgan fingerprint density at radius 2 is 1.67 bits per heavy atom. The molecule has 5 nitrogen and oxygen atoms in total. The lowest BCUT2D eigenvalue weighted by molar-refractivity contribution is -0.117. The summed E-state index contributed by atoms with van der Waals surface area (Å²) < 4.78 is 0. The zero-order valence-corrected chi connectivity index (χ0v) is 13.7. The van der Waals surface area contributed by atoms with Crippen LogP contribution in [0.3, 0.4) is 0 Å². The third-order valence-corrected chi connectivity index (χ3v) is 4.33. The number of carbonyl (C=O) groups is 2. The van der Waals surface area contributed by atoms with Gasteiger partial charge in [-0.2, -0.15) is 0 Å². The summed E-state index contributed by atoms with van der Waals surface area (Å²) in [6, 6.07) is 11.7. The second-order valence-electron chi connectivity index (χ2n) is 6.34. The molecule has 1 aliphatic carbocycles. The van der Waals surface area contributed by atoms with E-state index in [-0.39, 0.29) is 23.5 Å². The predicted molar refractivity (Wildman–Crippen MR) is 93.1 cm³/mol. The lowest BCUT2D eigenvalue weighted by Gasteiger charge is -2.08. The summed E-state index contributed by atoms with van der Waals surface area (Å²) in [6.07, 6.45) is 0.940. The van der Waals surface area contributed by atoms with Crippen molar-refractivity contribution in [3.05, 3.63) is 53.6 Å². The number of hydrogen-bond acceptors (Lipinski definition) is 3. The highest BCUT2D eigenvalue weighted by Gasteiger charge is 2.39. The monoisotopic (exact) mass is 324 g/mol. The number of phenols is 1. The smallest absolute Gasteiger partial charge is 0.255 e. The molecule has 3 N–H and O–H groups in total. The van der Waals surface area contributed by atoms with E-state index >= 15 is 0 Å². The minimum absolute atomic E-state index is 0.0369. The van der Waals surface area contributed by atoms with Crippen molar-refractivity contribution < 1.29 is 14.7 Å². The predicted octanol–water partition coefficient (Wildman–Crippen LogP) is 3.55. The Bertz CT molecular complexity index is 784. The minimum atomic E-state index is -0.271. The van der Waals surface area contributed by atoms with Crippen molar-refractivity contribution in [3.63, 3.8) is 0 Å². The van der Waals surface area contributed by atoms with E-state index < -0.39 is 0 Å². The van der Waals surface area contributed by atoms with Gasteiger partial charge in [0.15, 0.2) is 0 Å². The highest BCUT2D eigenvalue weighted by molar-refractivity contribution is 6.04. The summed E-state index contributed by atoms with van der Waals surface area (Å²) in [6.45, 7) is 3.84. The third-order valence-electron chi connectivity index (χ3n) is 4.33. The number of phenolic OH excluding ortho intramolecular Hbond substituents is 1. The minimum Gasteiger partial charge on any atom is -0.508 e. The van der Waals surface area contributed by atoms with Gasteiger partial charge in [0, 0.05) is 28.9 Å². The summed E-state index contributed by atoms with van der Waals surface area (Å²) in [5, 5.41) is 15.3. The van der Waals surface area contributed by atoms with Crippen LogP contribution in [-0.2, 0) is 4.79 Å². The standard InChI is InChI=1S/C19H20N2O3/c1-11-3-6-15(10-17(11)22)21-18(23)13-4-7-14(8-5-13)20-19(24)16-9-12(16)2/h3-8,10,12,16,22H,9H2,1-2H3,(H,20,24)(H,21,23)/t12-,16-/m1/s1. The highest BCUT2D eigenvalue weighted by Crippen LogP contribution is 2.38. The number of rotatable bonds is 4. The summed E-state index contributed by atoms with van der Waals surface area (Å²) in [5.41, 5.74) is 2.44. The van der Waals surface area contributed by atoms with Crippen LogP contribution in [0.2, 0.25) is 0 Å². The molecule has 1 saturated carbocycles. The molecule has 0 spiro atoms. The lowest BCUT2D eigenvalue weighted by atomic mass is 10.1. The second kappa shape index (κ2) is 6.35. The highest BCUT2D eigenvalue weighted by atomic mass is 16.3. The average molecular weight is 324 g/mol. The first-order chi connectivity index (χ1) is 11.4. The molecule has 0 heterocycles. The van der Waals surface area contributed by atoms with Crippen molar-refractivity contribution in [2.75, 3.05) is 10.6 Å². The molecule has 2 atom stereocenters. The van der Waals surface area contributed by atoms with Gasteiger partial charge in [0.05, 0.1) is 0 Å². The van der Waals surface area contributed by atoms with Crippen molar-refractivity contribution in [1.82, 2.24) is 0 Å². The summed E-state index contributed by atoms with van der Waals surface area (Å²) in [7, 11) is 0. The molecule has 24 heavy (non-hydrogen) atoms. The van der Waals surface area contributed by atoms with E-state index in [2.05, 4.69) is 17.6 Å². The van der Waals surface area contributed by atoms with Crippen LogP contribution < -0.4 is 10.6 Å². The average Bonchev–Trinajstić information content (AvgIpc) is 3.29. The van der Waals surface area contributed by atoms with E-state index in [9.17, 15) is 14.7 Å². The molecule has 0 radical (unpaired) electrons. The van der Waals surface area contributed by atoms with Crippen LogP contribution in [0.4, 0.5) is 11.4 Å². The van der Waals surface area contributed by atoms with Gasteiger partial charge in [-0.3, -0.25) is 9.59 Å². The maximum atomic E-state index is 12.2. The Balaban J connectivity index is 1.63. The molecule has 2 amide bonds. The summed E-state index contributed by atoms with van der Waals surface area (Å²) in [4.78, 5) is 24.1. The first-order valence-corrected chi connectivity index (χ1v) is 7.96. The Morgan fingerprint density at radius 3 is 2.25 bits per heavy atom. The largest absolute Gasteiger partial charge is 0.508 e. The van der Waals surface area contributed by atoms with Gasteiger partial charge in [-0.05, 0) is 55.2 Å². The maximum Gasteiger partial charge on any atom is 0.255 e. The van der Waals surface area contributed by atoms with Crippen LogP contribution in [0.25, 0.3) is 0 Å². The molecule has 5 heteroatoms. The van der Waals surface area contributed by atoms with E-state index in [0.29, 0.717) is 22.9 Å². The Labute approximate surface area is 140 Å². The lowest BCUT2D eigenvalue weighted by Crippen LogP contribution is -2.15. The molecular weight excluding hydrogens is 304 g/mol. The van der Waals surface area contributed by atoms with Crippen LogP contribution in [-0.4, -0.2) is 16.9 Å². The number of amides is 2. The molecule has 2 aromatic carbocycles. The molecule has 0 aliphatic heterocycles. The first-order valence-electron chi connectivity index (χ1n) is 7.96. The number of nitrogens with one attached hydrogen (secondary N) is 2. The molecule has 0 aromatic heterocycles. The second-order valence-corrected chi connectivity index (χ2v) is 6.34. The van der Waals surface area contributed by atoms with E-state index in [4.69, 9.17) is 0 Å². The van der Waals surface area contributed by atoms with Crippen LogP contribution in [0, 0.1) is 18.8 Å². The number of anilines is 2. The maximum absolute atomic E-state index is 12.2. The van der Waals surface area contributed by atoms with Gasteiger partial charge in [-0.15, -0.1) is 0 Å². The molecule has 0 saturated heterocycles. The molecule has 1 fully saturated rings. The van der Waals surface area contributed by atoms with Gasteiger partial charge in [0.25, 0.3) is 5.91 Å². The van der Waals surface area contributed by atoms with Crippen molar-refractivity contribution in [2.24, 2.45) is 11.8 Å². The van der Waals surface area contributed by atoms with Crippen molar-refractivity contribution in [1.29, 1.82) is 0 Å². The van der Waals surface area contributed by atoms with Crippen molar-refractivity contribution in [2.45, 2.75) is 20.3 Å². The molecule has 124 valence electrons. The molecule has 0 unspecified atom stereocenters. The van der Waals surface area contributed by atoms with E-state index in [1.54, 1.807) is 43.3 Å². The van der Waals surface area contributed by atoms with Crippen LogP contribution in [0.5, 0.6) is 5.75 Å².